The normalized spacial score (nSPS) is 14.3. The van der Waals surface area contributed by atoms with Gasteiger partial charge in [0, 0.05) is 16.6 Å². The van der Waals surface area contributed by atoms with Gasteiger partial charge in [-0.25, -0.2) is 13.8 Å². The Balaban J connectivity index is 1.77. The summed E-state index contributed by atoms with van der Waals surface area (Å²) in [5.74, 6) is 0.215. The molecule has 2 aromatic rings. The van der Waals surface area contributed by atoms with Crippen molar-refractivity contribution in [2.24, 2.45) is 0 Å². The summed E-state index contributed by atoms with van der Waals surface area (Å²) in [4.78, 5) is 16.2. The van der Waals surface area contributed by atoms with Crippen molar-refractivity contribution < 1.29 is 13.6 Å². The molecule has 0 aliphatic heterocycles. The smallest absolute Gasteiger partial charge is 0.283 e. The van der Waals surface area contributed by atoms with Crippen molar-refractivity contribution in [3.05, 3.63) is 38.7 Å². The molecule has 3 rings (SSSR count). The zero-order valence-electron chi connectivity index (χ0n) is 11.8. The number of nitrogens with zero attached hydrogens (tertiary/aromatic N) is 3. The van der Waals surface area contributed by atoms with Gasteiger partial charge in [-0.1, -0.05) is 0 Å². The van der Waals surface area contributed by atoms with E-state index in [1.54, 1.807) is 18.3 Å². The Bertz CT molecular complexity index is 729. The Morgan fingerprint density at radius 1 is 1.39 bits per heavy atom. The number of carbonyl (C=O) groups excluding carboxylic acids is 1. The number of carbonyl (C=O) groups is 1. The van der Waals surface area contributed by atoms with E-state index in [4.69, 9.17) is 0 Å². The predicted molar refractivity (Wildman–Crippen MR) is 87.4 cm³/mol. The molecule has 0 bridgehead atoms. The molecule has 1 saturated carbocycles. The van der Waals surface area contributed by atoms with Crippen molar-refractivity contribution in [3.63, 3.8) is 0 Å². The quantitative estimate of drug-likeness (QED) is 0.741. The highest BCUT2D eigenvalue weighted by molar-refractivity contribution is 9.10. The van der Waals surface area contributed by atoms with E-state index in [1.807, 2.05) is 0 Å². The van der Waals surface area contributed by atoms with E-state index in [2.05, 4.69) is 47.3 Å². The van der Waals surface area contributed by atoms with Gasteiger partial charge in [0.2, 0.25) is 5.91 Å². The van der Waals surface area contributed by atoms with Crippen LogP contribution in [0.2, 0.25) is 0 Å². The number of rotatable bonds is 5. The molecule has 0 spiro atoms. The molecule has 0 radical (unpaired) electrons. The summed E-state index contributed by atoms with van der Waals surface area (Å²) in [6, 6.07) is 3.39. The molecule has 1 amide bonds. The molecule has 0 saturated heterocycles. The molecule has 1 fully saturated rings. The molecule has 122 valence electrons. The highest BCUT2D eigenvalue weighted by atomic mass is 79.9. The number of hydrogen-bond acceptors (Lipinski definition) is 3. The first-order chi connectivity index (χ1) is 11.0. The van der Waals surface area contributed by atoms with Crippen LogP contribution in [0, 0.1) is 0 Å². The fourth-order valence-electron chi connectivity index (χ4n) is 2.25. The molecule has 5 nitrogen and oxygen atoms in total. The van der Waals surface area contributed by atoms with E-state index in [0.29, 0.717) is 16.0 Å². The lowest BCUT2D eigenvalue weighted by Gasteiger charge is -2.08. The Morgan fingerprint density at radius 3 is 2.70 bits per heavy atom. The predicted octanol–water partition coefficient (Wildman–Crippen LogP) is 4.26. The molecule has 0 unspecified atom stereocenters. The minimum Gasteiger partial charge on any atom is -0.309 e. The topological polar surface area (TPSA) is 59.8 Å². The van der Waals surface area contributed by atoms with Crippen LogP contribution in [0.4, 0.5) is 14.6 Å². The Kier molecular flexibility index (Phi) is 4.77. The van der Waals surface area contributed by atoms with E-state index >= 15 is 0 Å². The zero-order valence-corrected chi connectivity index (χ0v) is 14.9. The molecule has 1 aliphatic rings. The fraction of sp³-hybridized carbons (Fsp3) is 0.357. The van der Waals surface area contributed by atoms with Gasteiger partial charge < -0.3 is 5.32 Å². The van der Waals surface area contributed by atoms with Crippen molar-refractivity contribution in [1.82, 2.24) is 14.8 Å². The minimum absolute atomic E-state index is 0.130. The maximum atomic E-state index is 13.0. The molecule has 2 heterocycles. The number of aromatic nitrogens is 3. The number of nitrogens with one attached hydrogen (secondary N) is 1. The third kappa shape index (κ3) is 3.77. The average molecular weight is 450 g/mol. The van der Waals surface area contributed by atoms with E-state index in [0.717, 1.165) is 17.3 Å². The van der Waals surface area contributed by atoms with E-state index in [9.17, 15) is 13.6 Å². The summed E-state index contributed by atoms with van der Waals surface area (Å²) in [7, 11) is 0. The molecule has 1 aliphatic carbocycles. The van der Waals surface area contributed by atoms with Gasteiger partial charge in [-0.15, -0.1) is 0 Å². The van der Waals surface area contributed by atoms with Gasteiger partial charge in [-0.05, 0) is 56.8 Å². The highest BCUT2D eigenvalue weighted by Crippen LogP contribution is 2.45. The third-order valence-electron chi connectivity index (χ3n) is 3.42. The molecular formula is C14H12Br2F2N4O. The Hall–Kier alpha value is -1.35. The van der Waals surface area contributed by atoms with Crippen LogP contribution in [-0.4, -0.2) is 20.7 Å². The van der Waals surface area contributed by atoms with Crippen LogP contribution >= 0.6 is 31.9 Å². The maximum Gasteiger partial charge on any atom is 0.283 e. The van der Waals surface area contributed by atoms with E-state index in [-0.39, 0.29) is 24.1 Å². The number of amides is 1. The second kappa shape index (κ2) is 6.64. The Morgan fingerprint density at radius 2 is 2.13 bits per heavy atom. The molecule has 1 N–H and O–H groups in total. The number of hydrogen-bond donors (Lipinski definition) is 1. The van der Waals surface area contributed by atoms with E-state index < -0.39 is 6.43 Å². The molecular weight excluding hydrogens is 438 g/mol. The van der Waals surface area contributed by atoms with Gasteiger partial charge >= 0.3 is 0 Å². The second-order valence-electron chi connectivity index (χ2n) is 5.23. The molecule has 0 atom stereocenters. The minimum atomic E-state index is -2.68. The highest BCUT2D eigenvalue weighted by Gasteiger charge is 2.34. The van der Waals surface area contributed by atoms with Crippen LogP contribution in [0.3, 0.4) is 0 Å². The lowest BCUT2D eigenvalue weighted by molar-refractivity contribution is -0.117. The molecule has 9 heteroatoms. The van der Waals surface area contributed by atoms with E-state index in [1.165, 1.54) is 4.68 Å². The number of pyridine rings is 1. The Labute approximate surface area is 147 Å². The van der Waals surface area contributed by atoms with Crippen molar-refractivity contribution in [2.45, 2.75) is 31.7 Å². The summed E-state index contributed by atoms with van der Waals surface area (Å²) in [6.07, 6.45) is 0.718. The van der Waals surface area contributed by atoms with Gasteiger partial charge in [0.25, 0.3) is 6.43 Å². The standard InChI is InChI=1S/C14H12Br2F2N4O/c15-8-3-4-9(19-5-8)20-10(23)6-22-13(7-1-2-7)11(16)12(21-22)14(17)18/h3-5,7,14H,1-2,6H2,(H,19,20,23). The molecule has 0 aromatic carbocycles. The number of alkyl halides is 2. The summed E-state index contributed by atoms with van der Waals surface area (Å²) in [6.45, 7) is -0.130. The van der Waals surface area contributed by atoms with Gasteiger partial charge in [-0.2, -0.15) is 5.10 Å². The van der Waals surface area contributed by atoms with Crippen LogP contribution in [-0.2, 0) is 11.3 Å². The molecule has 2 aromatic heterocycles. The SMILES string of the molecule is O=C(Cn1nc(C(F)F)c(Br)c1C1CC1)Nc1ccc(Br)cn1. The third-order valence-corrected chi connectivity index (χ3v) is 4.70. The van der Waals surface area contributed by atoms with Crippen LogP contribution < -0.4 is 5.32 Å². The van der Waals surface area contributed by atoms with Crippen molar-refractivity contribution in [2.75, 3.05) is 5.32 Å². The summed E-state index contributed by atoms with van der Waals surface area (Å²) >= 11 is 6.45. The summed E-state index contributed by atoms with van der Waals surface area (Å²) in [5.41, 5.74) is 0.348. The molecule has 23 heavy (non-hydrogen) atoms. The lowest BCUT2D eigenvalue weighted by Crippen LogP contribution is -2.21. The second-order valence-corrected chi connectivity index (χ2v) is 6.94. The first-order valence-corrected chi connectivity index (χ1v) is 8.50. The fourth-order valence-corrected chi connectivity index (χ4v) is 3.26. The van der Waals surface area contributed by atoms with Gasteiger partial charge in [0.15, 0.2) is 0 Å². The van der Waals surface area contributed by atoms with Crippen LogP contribution in [0.15, 0.2) is 27.3 Å². The maximum absolute atomic E-state index is 13.0. The van der Waals surface area contributed by atoms with Crippen LogP contribution in [0.25, 0.3) is 0 Å². The van der Waals surface area contributed by atoms with Crippen LogP contribution in [0.1, 0.15) is 36.6 Å². The first-order valence-electron chi connectivity index (χ1n) is 6.91. The van der Waals surface area contributed by atoms with Gasteiger partial charge in [0.1, 0.15) is 18.1 Å². The summed E-state index contributed by atoms with van der Waals surface area (Å²) in [5, 5.41) is 6.52. The lowest BCUT2D eigenvalue weighted by atomic mass is 10.2. The number of anilines is 1. The monoisotopic (exact) mass is 448 g/mol. The van der Waals surface area contributed by atoms with Crippen LogP contribution in [0.5, 0.6) is 0 Å². The van der Waals surface area contributed by atoms with Gasteiger partial charge in [0.05, 0.1) is 10.2 Å². The van der Waals surface area contributed by atoms with Crippen molar-refractivity contribution in [1.29, 1.82) is 0 Å². The van der Waals surface area contributed by atoms with Gasteiger partial charge in [-0.3, -0.25) is 9.48 Å². The number of halogens is 4. The van der Waals surface area contributed by atoms with Crippen molar-refractivity contribution >= 4 is 43.6 Å². The largest absolute Gasteiger partial charge is 0.309 e. The average Bonchev–Trinajstić information content (AvgIpc) is 3.26. The van der Waals surface area contributed by atoms with Crippen molar-refractivity contribution in [3.8, 4) is 0 Å². The first kappa shape index (κ1) is 16.5. The summed E-state index contributed by atoms with van der Waals surface area (Å²) < 4.78 is 28.5. The zero-order chi connectivity index (χ0) is 16.6.